The Balaban J connectivity index is 2.07. The Hall–Kier alpha value is -4.62. The van der Waals surface area contributed by atoms with Crippen LogP contribution in [0.25, 0.3) is 6.08 Å². The van der Waals surface area contributed by atoms with Crippen LogP contribution in [0.2, 0.25) is 0 Å². The molecule has 0 spiro atoms. The highest BCUT2D eigenvalue weighted by atomic mass is 16.8. The van der Waals surface area contributed by atoms with Crippen LogP contribution in [0.1, 0.15) is 40.2 Å². The van der Waals surface area contributed by atoms with Crippen molar-refractivity contribution in [2.24, 2.45) is 0 Å². The smallest absolute Gasteiger partial charge is 0.331 e. The normalized spacial score (nSPS) is 29.4. The van der Waals surface area contributed by atoms with Crippen LogP contribution in [0.3, 0.4) is 0 Å². The van der Waals surface area contributed by atoms with Gasteiger partial charge in [0, 0.05) is 40.7 Å². The van der Waals surface area contributed by atoms with Crippen LogP contribution in [-0.4, -0.2) is 126 Å². The van der Waals surface area contributed by atoms with E-state index >= 15 is 0 Å². The lowest BCUT2D eigenvalue weighted by atomic mass is 9.98. The second kappa shape index (κ2) is 17.2. The molecule has 2 fully saturated rings. The molecule has 2 aliphatic heterocycles. The summed E-state index contributed by atoms with van der Waals surface area (Å²) in [5.41, 5.74) is 0.394. The van der Waals surface area contributed by atoms with E-state index in [0.29, 0.717) is 5.56 Å². The minimum absolute atomic E-state index is 0.0859. The first kappa shape index (κ1) is 38.8. The summed E-state index contributed by atoms with van der Waals surface area (Å²) < 4.78 is 49.0. The van der Waals surface area contributed by atoms with Gasteiger partial charge in [-0.3, -0.25) is 24.0 Å². The van der Waals surface area contributed by atoms with E-state index < -0.39 is 110 Å². The summed E-state index contributed by atoms with van der Waals surface area (Å²) in [6.07, 6.45) is -11.7. The maximum absolute atomic E-state index is 13.1. The molecule has 0 bridgehead atoms. The van der Waals surface area contributed by atoms with Gasteiger partial charge in [-0.1, -0.05) is 12.1 Å². The van der Waals surface area contributed by atoms with Gasteiger partial charge in [-0.15, -0.1) is 0 Å². The number of hydrogen-bond donors (Lipinski definition) is 3. The van der Waals surface area contributed by atoms with Crippen LogP contribution in [-0.2, 0) is 71.4 Å². The number of phenolic OH excluding ortho intramolecular Hbond substituents is 1. The van der Waals surface area contributed by atoms with Gasteiger partial charge in [0.15, 0.2) is 18.3 Å². The van der Waals surface area contributed by atoms with E-state index in [4.69, 9.17) is 42.6 Å². The second-order valence-corrected chi connectivity index (χ2v) is 10.9. The Bertz CT molecular complexity index is 1410. The SMILES string of the molecule is CC(=O)OCC1OC(COC(C)=O)(OC2OC(COC(C)=O)C(OC(C)=O)C(O)C2OC(C)=O)C(OC(=O)C=Cc2cccc(O)c2)C1O. The molecule has 18 heteroatoms. The first-order valence-corrected chi connectivity index (χ1v) is 14.8. The molecule has 2 heterocycles. The molecule has 3 rings (SSSR count). The third-order valence-corrected chi connectivity index (χ3v) is 6.92. The number of ether oxygens (including phenoxy) is 9. The standard InChI is InChI=1S/C31H38O18/c1-15(32)41-12-22-25(39)29(47-24(38)10-9-20-7-6-8-21(37)11-20)31(48-22,14-43-17(3)34)49-30-28(45-19(5)36)26(40)27(44-18(4)35)23(46-30)13-42-16(2)33/h6-11,22-23,25-30,37,39-40H,12-14H2,1-5H3. The molecule has 1 aromatic carbocycles. The van der Waals surface area contributed by atoms with Gasteiger partial charge in [0.2, 0.25) is 12.1 Å². The van der Waals surface area contributed by atoms with Crippen molar-refractivity contribution in [2.45, 2.75) is 89.4 Å². The molecule has 1 aromatic rings. The van der Waals surface area contributed by atoms with Crippen molar-refractivity contribution in [1.29, 1.82) is 0 Å². The quantitative estimate of drug-likeness (QED) is 0.133. The average molecular weight is 699 g/mol. The minimum atomic E-state index is -2.52. The summed E-state index contributed by atoms with van der Waals surface area (Å²) in [5.74, 6) is -7.97. The number of esters is 6. The lowest BCUT2D eigenvalue weighted by molar-refractivity contribution is -0.384. The summed E-state index contributed by atoms with van der Waals surface area (Å²) in [5, 5.41) is 32.3. The lowest BCUT2D eigenvalue weighted by Crippen LogP contribution is -2.65. The van der Waals surface area contributed by atoms with Crippen LogP contribution < -0.4 is 0 Å². The van der Waals surface area contributed by atoms with Gasteiger partial charge >= 0.3 is 35.8 Å². The Morgan fingerprint density at radius 3 is 1.94 bits per heavy atom. The van der Waals surface area contributed by atoms with E-state index in [0.717, 1.165) is 40.7 Å². The maximum Gasteiger partial charge on any atom is 0.331 e. The van der Waals surface area contributed by atoms with E-state index in [1.165, 1.54) is 24.3 Å². The predicted molar refractivity (Wildman–Crippen MR) is 157 cm³/mol. The second-order valence-electron chi connectivity index (χ2n) is 10.9. The monoisotopic (exact) mass is 698 g/mol. The largest absolute Gasteiger partial charge is 0.508 e. The Morgan fingerprint density at radius 1 is 0.776 bits per heavy atom. The van der Waals surface area contributed by atoms with Crippen molar-refractivity contribution in [3.63, 3.8) is 0 Å². The van der Waals surface area contributed by atoms with Crippen LogP contribution in [0.4, 0.5) is 0 Å². The summed E-state index contributed by atoms with van der Waals surface area (Å²) in [6.45, 7) is 3.05. The Labute approximate surface area is 279 Å². The zero-order chi connectivity index (χ0) is 36.5. The van der Waals surface area contributed by atoms with Gasteiger partial charge in [0.05, 0.1) is 0 Å². The number of rotatable bonds is 13. The molecule has 3 N–H and O–H groups in total. The zero-order valence-corrected chi connectivity index (χ0v) is 27.2. The van der Waals surface area contributed by atoms with E-state index in [1.807, 2.05) is 0 Å². The van der Waals surface area contributed by atoms with E-state index in [1.54, 1.807) is 6.07 Å². The first-order chi connectivity index (χ1) is 23.0. The summed E-state index contributed by atoms with van der Waals surface area (Å²) in [4.78, 5) is 72.3. The minimum Gasteiger partial charge on any atom is -0.508 e. The number of aliphatic hydroxyl groups excluding tert-OH is 2. The van der Waals surface area contributed by atoms with Crippen molar-refractivity contribution >= 4 is 41.9 Å². The van der Waals surface area contributed by atoms with Gasteiger partial charge in [-0.2, -0.15) is 0 Å². The molecule has 18 nitrogen and oxygen atoms in total. The molecular weight excluding hydrogens is 660 g/mol. The zero-order valence-electron chi connectivity index (χ0n) is 27.2. The van der Waals surface area contributed by atoms with Gasteiger partial charge in [-0.25, -0.2) is 4.79 Å². The van der Waals surface area contributed by atoms with Crippen molar-refractivity contribution < 1.29 is 86.7 Å². The highest BCUT2D eigenvalue weighted by Crippen LogP contribution is 2.40. The number of aliphatic hydroxyl groups is 2. The summed E-state index contributed by atoms with van der Waals surface area (Å²) in [7, 11) is 0. The molecule has 9 atom stereocenters. The summed E-state index contributed by atoms with van der Waals surface area (Å²) >= 11 is 0. The third kappa shape index (κ3) is 10.9. The predicted octanol–water partition coefficient (Wildman–Crippen LogP) is -0.572. The molecule has 49 heavy (non-hydrogen) atoms. The highest BCUT2D eigenvalue weighted by molar-refractivity contribution is 5.87. The Kier molecular flexibility index (Phi) is 13.6. The molecule has 2 aliphatic rings. The number of benzene rings is 1. The number of hydrogen-bond acceptors (Lipinski definition) is 18. The Morgan fingerprint density at radius 2 is 1.37 bits per heavy atom. The maximum atomic E-state index is 13.1. The molecule has 270 valence electrons. The van der Waals surface area contributed by atoms with Crippen LogP contribution in [0.5, 0.6) is 5.75 Å². The topological polar surface area (TPSA) is 246 Å². The van der Waals surface area contributed by atoms with Crippen LogP contribution >= 0.6 is 0 Å². The molecule has 0 aliphatic carbocycles. The fourth-order valence-electron chi connectivity index (χ4n) is 4.92. The van der Waals surface area contributed by atoms with Crippen LogP contribution in [0, 0.1) is 0 Å². The molecule has 9 unspecified atom stereocenters. The van der Waals surface area contributed by atoms with Gasteiger partial charge < -0.3 is 58.0 Å². The van der Waals surface area contributed by atoms with E-state index in [2.05, 4.69) is 0 Å². The highest BCUT2D eigenvalue weighted by Gasteiger charge is 2.63. The van der Waals surface area contributed by atoms with Gasteiger partial charge in [-0.05, 0) is 23.8 Å². The van der Waals surface area contributed by atoms with Crippen molar-refractivity contribution in [3.05, 3.63) is 35.9 Å². The van der Waals surface area contributed by atoms with Crippen molar-refractivity contribution in [1.82, 2.24) is 0 Å². The molecule has 0 radical (unpaired) electrons. The van der Waals surface area contributed by atoms with E-state index in [9.17, 15) is 44.1 Å². The number of aromatic hydroxyl groups is 1. The van der Waals surface area contributed by atoms with Gasteiger partial charge in [0.1, 0.15) is 50.0 Å². The lowest BCUT2D eigenvalue weighted by Gasteiger charge is -2.45. The fourth-order valence-corrected chi connectivity index (χ4v) is 4.92. The summed E-state index contributed by atoms with van der Waals surface area (Å²) in [6, 6.07) is 5.84. The van der Waals surface area contributed by atoms with Crippen molar-refractivity contribution in [2.75, 3.05) is 19.8 Å². The van der Waals surface area contributed by atoms with E-state index in [-0.39, 0.29) is 5.75 Å². The molecule has 0 amide bonds. The molecule has 0 aromatic heterocycles. The average Bonchev–Trinajstić information content (AvgIpc) is 3.26. The van der Waals surface area contributed by atoms with Gasteiger partial charge in [0.25, 0.3) is 0 Å². The number of carbonyl (C=O) groups excluding carboxylic acids is 6. The number of phenols is 1. The number of carbonyl (C=O) groups is 6. The third-order valence-electron chi connectivity index (χ3n) is 6.92. The molecule has 0 saturated carbocycles. The van der Waals surface area contributed by atoms with Crippen LogP contribution in [0.15, 0.2) is 30.3 Å². The molecular formula is C31H38O18. The molecule has 2 saturated heterocycles. The first-order valence-electron chi connectivity index (χ1n) is 14.8. The van der Waals surface area contributed by atoms with Crippen molar-refractivity contribution in [3.8, 4) is 5.75 Å². The fraction of sp³-hybridized carbons (Fsp3) is 0.548.